The Balaban J connectivity index is 1.74. The summed E-state index contributed by atoms with van der Waals surface area (Å²) in [4.78, 5) is 2.80. The van der Waals surface area contributed by atoms with Gasteiger partial charge in [0.1, 0.15) is 0 Å². The summed E-state index contributed by atoms with van der Waals surface area (Å²) in [5.41, 5.74) is 6.58. The minimum atomic E-state index is 0.287. The van der Waals surface area contributed by atoms with Crippen molar-refractivity contribution < 1.29 is 4.74 Å². The molecule has 1 saturated heterocycles. The van der Waals surface area contributed by atoms with E-state index in [0.29, 0.717) is 12.1 Å². The van der Waals surface area contributed by atoms with Crippen LogP contribution in [0.15, 0.2) is 0 Å². The minimum absolute atomic E-state index is 0.287. The molecule has 3 heteroatoms. The average molecular weight is 280 g/mol. The first-order valence-electron chi connectivity index (χ1n) is 8.87. The quantitative estimate of drug-likeness (QED) is 0.864. The van der Waals surface area contributed by atoms with E-state index in [1.54, 1.807) is 0 Å². The molecule has 0 aromatic heterocycles. The van der Waals surface area contributed by atoms with Crippen molar-refractivity contribution >= 4 is 0 Å². The number of ether oxygens (including phenoxy) is 1. The third-order valence-corrected chi connectivity index (χ3v) is 6.33. The summed E-state index contributed by atoms with van der Waals surface area (Å²) in [5.74, 6) is 0.942. The fourth-order valence-electron chi connectivity index (χ4n) is 4.92. The summed E-state index contributed by atoms with van der Waals surface area (Å²) in [6, 6.07) is 0.652. The molecule has 2 atom stereocenters. The van der Waals surface area contributed by atoms with E-state index < -0.39 is 0 Å². The van der Waals surface area contributed by atoms with Gasteiger partial charge in [0.25, 0.3) is 0 Å². The lowest BCUT2D eigenvalue weighted by Gasteiger charge is -2.55. The van der Waals surface area contributed by atoms with Crippen LogP contribution in [0.3, 0.4) is 0 Å². The fourth-order valence-corrected chi connectivity index (χ4v) is 4.92. The number of rotatable bonds is 3. The van der Waals surface area contributed by atoms with E-state index in [1.807, 2.05) is 0 Å². The Morgan fingerprint density at radius 3 is 2.60 bits per heavy atom. The normalized spacial score (nSPS) is 43.2. The summed E-state index contributed by atoms with van der Waals surface area (Å²) < 4.78 is 6.05. The molecule has 3 fully saturated rings. The van der Waals surface area contributed by atoms with E-state index in [1.165, 1.54) is 57.8 Å². The van der Waals surface area contributed by atoms with Gasteiger partial charge in [-0.2, -0.15) is 0 Å². The van der Waals surface area contributed by atoms with Crippen molar-refractivity contribution in [2.75, 3.05) is 19.7 Å². The first-order chi connectivity index (χ1) is 9.79. The number of hydrogen-bond acceptors (Lipinski definition) is 3. The first kappa shape index (κ1) is 14.8. The molecular formula is C17H32N2O. The predicted molar refractivity (Wildman–Crippen MR) is 82.7 cm³/mol. The number of nitrogens with two attached hydrogens (primary N) is 1. The number of morpholine rings is 1. The van der Waals surface area contributed by atoms with Gasteiger partial charge in [-0.1, -0.05) is 26.2 Å². The lowest BCUT2D eigenvalue weighted by molar-refractivity contribution is -0.134. The van der Waals surface area contributed by atoms with Crippen LogP contribution < -0.4 is 5.73 Å². The number of fused-ring (bicyclic) bond motifs is 1. The number of hydrogen-bond donors (Lipinski definition) is 1. The third kappa shape index (κ3) is 2.65. The Morgan fingerprint density at radius 2 is 1.90 bits per heavy atom. The smallest absolute Gasteiger partial charge is 0.0731 e. The molecule has 0 amide bonds. The van der Waals surface area contributed by atoms with E-state index >= 15 is 0 Å². The molecule has 2 aliphatic carbocycles. The largest absolute Gasteiger partial charge is 0.375 e. The minimum Gasteiger partial charge on any atom is -0.375 e. The predicted octanol–water partition coefficient (Wildman–Crippen LogP) is 2.93. The zero-order valence-electron chi connectivity index (χ0n) is 13.2. The Hall–Kier alpha value is -0.120. The molecule has 0 radical (unpaired) electrons. The third-order valence-electron chi connectivity index (χ3n) is 6.33. The standard InChI is InChI=1S/C17H32N2O/c1-2-14-7-9-17(13-18,10-8-14)19-11-12-20-16-6-4-3-5-15(16)19/h14-16H,2-13,18H2,1H3. The van der Waals surface area contributed by atoms with Gasteiger partial charge < -0.3 is 10.5 Å². The van der Waals surface area contributed by atoms with Crippen molar-refractivity contribution in [2.24, 2.45) is 11.7 Å². The van der Waals surface area contributed by atoms with Crippen LogP contribution in [0.4, 0.5) is 0 Å². The monoisotopic (exact) mass is 280 g/mol. The molecule has 2 saturated carbocycles. The molecule has 0 bridgehead atoms. The molecule has 3 rings (SSSR count). The Bertz CT molecular complexity index is 310. The van der Waals surface area contributed by atoms with Gasteiger partial charge in [0, 0.05) is 24.7 Å². The van der Waals surface area contributed by atoms with Crippen LogP contribution in [-0.4, -0.2) is 42.3 Å². The molecule has 0 aromatic rings. The summed E-state index contributed by atoms with van der Waals surface area (Å²) in [6.07, 6.45) is 12.5. The van der Waals surface area contributed by atoms with Crippen LogP contribution in [0.25, 0.3) is 0 Å². The summed E-state index contributed by atoms with van der Waals surface area (Å²) >= 11 is 0. The first-order valence-corrected chi connectivity index (χ1v) is 8.87. The van der Waals surface area contributed by atoms with Gasteiger partial charge >= 0.3 is 0 Å². The molecule has 1 aliphatic heterocycles. The Morgan fingerprint density at radius 1 is 1.15 bits per heavy atom. The van der Waals surface area contributed by atoms with Gasteiger partial charge in [-0.3, -0.25) is 4.90 Å². The van der Waals surface area contributed by atoms with E-state index in [9.17, 15) is 0 Å². The maximum Gasteiger partial charge on any atom is 0.0731 e. The van der Waals surface area contributed by atoms with Crippen LogP contribution in [0.2, 0.25) is 0 Å². The number of nitrogens with zero attached hydrogens (tertiary/aromatic N) is 1. The zero-order chi connectivity index (χ0) is 14.0. The van der Waals surface area contributed by atoms with Crippen molar-refractivity contribution in [3.8, 4) is 0 Å². The van der Waals surface area contributed by atoms with Crippen molar-refractivity contribution in [3.05, 3.63) is 0 Å². The highest BCUT2D eigenvalue weighted by Crippen LogP contribution is 2.41. The molecular weight excluding hydrogens is 248 g/mol. The van der Waals surface area contributed by atoms with Crippen LogP contribution in [0.5, 0.6) is 0 Å². The molecule has 0 aromatic carbocycles. The van der Waals surface area contributed by atoms with Crippen LogP contribution in [0, 0.1) is 5.92 Å². The molecule has 20 heavy (non-hydrogen) atoms. The molecule has 0 spiro atoms. The molecule has 2 N–H and O–H groups in total. The van der Waals surface area contributed by atoms with Crippen molar-refractivity contribution in [1.29, 1.82) is 0 Å². The van der Waals surface area contributed by atoms with E-state index in [-0.39, 0.29) is 5.54 Å². The molecule has 3 nitrogen and oxygen atoms in total. The van der Waals surface area contributed by atoms with Crippen molar-refractivity contribution in [3.63, 3.8) is 0 Å². The fraction of sp³-hybridized carbons (Fsp3) is 1.00. The average Bonchev–Trinajstić information content (AvgIpc) is 2.54. The molecule has 1 heterocycles. The van der Waals surface area contributed by atoms with Crippen molar-refractivity contribution in [1.82, 2.24) is 4.90 Å². The van der Waals surface area contributed by atoms with Gasteiger partial charge in [-0.25, -0.2) is 0 Å². The van der Waals surface area contributed by atoms with Crippen LogP contribution in [0.1, 0.15) is 64.7 Å². The van der Waals surface area contributed by atoms with Crippen LogP contribution >= 0.6 is 0 Å². The molecule has 116 valence electrons. The van der Waals surface area contributed by atoms with E-state index in [4.69, 9.17) is 10.5 Å². The van der Waals surface area contributed by atoms with Gasteiger partial charge in [0.15, 0.2) is 0 Å². The lowest BCUT2D eigenvalue weighted by atomic mass is 9.73. The van der Waals surface area contributed by atoms with E-state index in [0.717, 1.165) is 25.6 Å². The highest BCUT2D eigenvalue weighted by atomic mass is 16.5. The van der Waals surface area contributed by atoms with Gasteiger partial charge in [-0.05, 0) is 44.4 Å². The van der Waals surface area contributed by atoms with Gasteiger partial charge in [0.05, 0.1) is 12.7 Å². The maximum absolute atomic E-state index is 6.30. The lowest BCUT2D eigenvalue weighted by Crippen LogP contribution is -2.65. The van der Waals surface area contributed by atoms with Gasteiger partial charge in [-0.15, -0.1) is 0 Å². The summed E-state index contributed by atoms with van der Waals surface area (Å²) in [7, 11) is 0. The SMILES string of the molecule is CCC1CCC(CN)(N2CCOC3CCCCC32)CC1. The second kappa shape index (κ2) is 6.33. The molecule has 3 aliphatic rings. The van der Waals surface area contributed by atoms with Crippen molar-refractivity contribution in [2.45, 2.75) is 82.4 Å². The highest BCUT2D eigenvalue weighted by Gasteiger charge is 2.46. The Labute approximate surface area is 124 Å². The van der Waals surface area contributed by atoms with Crippen LogP contribution in [-0.2, 0) is 4.74 Å². The van der Waals surface area contributed by atoms with Gasteiger partial charge in [0.2, 0.25) is 0 Å². The van der Waals surface area contributed by atoms with E-state index in [2.05, 4.69) is 11.8 Å². The maximum atomic E-state index is 6.30. The zero-order valence-corrected chi connectivity index (χ0v) is 13.2. The Kier molecular flexibility index (Phi) is 4.68. The second-order valence-corrected chi connectivity index (χ2v) is 7.23. The summed E-state index contributed by atoms with van der Waals surface area (Å²) in [5, 5.41) is 0. The summed E-state index contributed by atoms with van der Waals surface area (Å²) in [6.45, 7) is 5.20. The topological polar surface area (TPSA) is 38.5 Å². The highest BCUT2D eigenvalue weighted by molar-refractivity contribution is 5.01. The molecule has 2 unspecified atom stereocenters. The second-order valence-electron chi connectivity index (χ2n) is 7.23.